The van der Waals surface area contributed by atoms with E-state index in [-0.39, 0.29) is 5.95 Å². The van der Waals surface area contributed by atoms with Gasteiger partial charge >= 0.3 is 12.5 Å². The Morgan fingerprint density at radius 2 is 1.97 bits per heavy atom. The Balaban J connectivity index is 2.35. The smallest absolute Gasteiger partial charge is 0.443 e. The van der Waals surface area contributed by atoms with Gasteiger partial charge in [0.15, 0.2) is 12.4 Å². The molecule has 0 bridgehead atoms. The number of carbonyl (C=O) groups is 2. The van der Waals surface area contributed by atoms with Crippen LogP contribution in [0.25, 0.3) is 0 Å². The summed E-state index contributed by atoms with van der Waals surface area (Å²) in [4.78, 5) is 23.9. The predicted molar refractivity (Wildman–Crippen MR) is 85.9 cm³/mol. The van der Waals surface area contributed by atoms with Gasteiger partial charge in [-0.15, -0.1) is 13.2 Å². The first kappa shape index (κ1) is 22.1. The van der Waals surface area contributed by atoms with Crippen molar-refractivity contribution in [3.63, 3.8) is 0 Å². The van der Waals surface area contributed by atoms with Gasteiger partial charge in [-0.2, -0.15) is 0 Å². The van der Waals surface area contributed by atoms with Crippen LogP contribution in [0.15, 0.2) is 12.1 Å². The molecule has 2 aromatic rings. The third-order valence-corrected chi connectivity index (χ3v) is 3.38. The average molecular weight is 445 g/mol. The molecule has 16 heteroatoms. The van der Waals surface area contributed by atoms with E-state index in [1.165, 1.54) is 7.05 Å². The largest absolute Gasteiger partial charge is 0.573 e. The van der Waals surface area contributed by atoms with E-state index in [1.54, 1.807) is 5.32 Å². The van der Waals surface area contributed by atoms with Gasteiger partial charge in [0.05, 0.1) is 10.6 Å². The molecule has 0 radical (unpaired) electrons. The van der Waals surface area contributed by atoms with Crippen LogP contribution in [0.2, 0.25) is 5.02 Å². The number of alkyl halides is 5. The highest BCUT2D eigenvalue weighted by atomic mass is 35.5. The van der Waals surface area contributed by atoms with E-state index in [0.717, 1.165) is 10.7 Å². The summed E-state index contributed by atoms with van der Waals surface area (Å²) >= 11 is 5.94. The first-order chi connectivity index (χ1) is 13.5. The normalized spacial score (nSPS) is 11.3. The standard InChI is InChI=1S/C13H10ClF5N6O4/c1-25-11(22-23-24-25)21-10(26)5-2-3-6(29-13(17,18)19)9(8(5)14)20-12(27)28-4-7(15)16/h2-3,7H,4H2,1H3,(H,20,27)(H,21,22,24,26). The molecule has 158 valence electrons. The van der Waals surface area contributed by atoms with Crippen molar-refractivity contribution in [1.29, 1.82) is 0 Å². The minimum Gasteiger partial charge on any atom is -0.443 e. The average Bonchev–Trinajstić information content (AvgIpc) is 2.99. The Hall–Kier alpha value is -3.23. The van der Waals surface area contributed by atoms with Gasteiger partial charge in [-0.3, -0.25) is 15.4 Å². The van der Waals surface area contributed by atoms with Crippen LogP contribution in [-0.2, 0) is 11.8 Å². The van der Waals surface area contributed by atoms with E-state index in [2.05, 4.69) is 30.3 Å². The Morgan fingerprint density at radius 1 is 1.28 bits per heavy atom. The Morgan fingerprint density at radius 3 is 2.52 bits per heavy atom. The van der Waals surface area contributed by atoms with Crippen molar-refractivity contribution in [3.8, 4) is 5.75 Å². The Kier molecular flexibility index (Phi) is 6.73. The fourth-order valence-corrected chi connectivity index (χ4v) is 2.13. The van der Waals surface area contributed by atoms with Gasteiger partial charge in [0.25, 0.3) is 12.3 Å². The minimum absolute atomic E-state index is 0.118. The zero-order valence-electron chi connectivity index (χ0n) is 14.1. The zero-order chi connectivity index (χ0) is 21.8. The third-order valence-electron chi connectivity index (χ3n) is 2.99. The number of nitrogens with zero attached hydrogens (tertiary/aromatic N) is 4. The first-order valence-corrected chi connectivity index (χ1v) is 7.69. The Bertz CT molecular complexity index is 906. The van der Waals surface area contributed by atoms with E-state index >= 15 is 0 Å². The molecule has 2 rings (SSSR count). The quantitative estimate of drug-likeness (QED) is 0.657. The van der Waals surface area contributed by atoms with Crippen molar-refractivity contribution in [3.05, 3.63) is 22.7 Å². The van der Waals surface area contributed by atoms with Crippen molar-refractivity contribution < 1.29 is 41.0 Å². The molecule has 0 fully saturated rings. The molecular formula is C13H10ClF5N6O4. The van der Waals surface area contributed by atoms with E-state index in [9.17, 15) is 31.5 Å². The fraction of sp³-hybridized carbons (Fsp3) is 0.308. The van der Waals surface area contributed by atoms with Crippen LogP contribution in [0.5, 0.6) is 5.75 Å². The van der Waals surface area contributed by atoms with Gasteiger partial charge < -0.3 is 9.47 Å². The number of nitrogens with one attached hydrogen (secondary N) is 2. The van der Waals surface area contributed by atoms with Crippen LogP contribution < -0.4 is 15.4 Å². The number of aromatic nitrogens is 4. The molecule has 29 heavy (non-hydrogen) atoms. The fourth-order valence-electron chi connectivity index (χ4n) is 1.84. The van der Waals surface area contributed by atoms with Gasteiger partial charge in [0.2, 0.25) is 5.95 Å². The lowest BCUT2D eigenvalue weighted by Gasteiger charge is -2.17. The lowest BCUT2D eigenvalue weighted by Crippen LogP contribution is -2.22. The second kappa shape index (κ2) is 8.85. The summed E-state index contributed by atoms with van der Waals surface area (Å²) < 4.78 is 70.9. The van der Waals surface area contributed by atoms with Gasteiger partial charge in [0, 0.05) is 7.05 Å². The lowest BCUT2D eigenvalue weighted by atomic mass is 10.1. The number of ether oxygens (including phenoxy) is 2. The molecule has 0 atom stereocenters. The molecule has 0 unspecified atom stereocenters. The molecule has 10 nitrogen and oxygen atoms in total. The molecule has 0 spiro atoms. The molecule has 1 heterocycles. The molecule has 2 N–H and O–H groups in total. The maximum atomic E-state index is 12.6. The van der Waals surface area contributed by atoms with Crippen LogP contribution in [0.1, 0.15) is 10.4 Å². The number of amides is 2. The molecule has 0 saturated heterocycles. The summed E-state index contributed by atoms with van der Waals surface area (Å²) in [6.45, 7) is -1.32. The number of tetrazole rings is 1. The van der Waals surface area contributed by atoms with Crippen LogP contribution >= 0.6 is 11.6 Å². The van der Waals surface area contributed by atoms with Gasteiger partial charge in [-0.05, 0) is 22.6 Å². The minimum atomic E-state index is -5.18. The number of rotatable bonds is 6. The highest BCUT2D eigenvalue weighted by Gasteiger charge is 2.34. The molecule has 2 amide bonds. The number of hydrogen-bond acceptors (Lipinski definition) is 7. The van der Waals surface area contributed by atoms with E-state index in [0.29, 0.717) is 6.07 Å². The van der Waals surface area contributed by atoms with Crippen LogP contribution in [-0.4, -0.2) is 51.6 Å². The zero-order valence-corrected chi connectivity index (χ0v) is 14.9. The number of hydrogen-bond donors (Lipinski definition) is 2. The van der Waals surface area contributed by atoms with Crippen LogP contribution in [0.3, 0.4) is 0 Å². The summed E-state index contributed by atoms with van der Waals surface area (Å²) in [5.41, 5.74) is -1.24. The molecule has 1 aromatic carbocycles. The SMILES string of the molecule is Cn1nnnc1NC(=O)c1ccc(OC(F)(F)F)c(NC(=O)OCC(F)F)c1Cl. The maximum Gasteiger partial charge on any atom is 0.573 e. The molecular weight excluding hydrogens is 435 g/mol. The van der Waals surface area contributed by atoms with Gasteiger partial charge in [0.1, 0.15) is 5.69 Å². The van der Waals surface area contributed by atoms with Crippen molar-refractivity contribution in [2.24, 2.45) is 7.05 Å². The summed E-state index contributed by atoms with van der Waals surface area (Å²) in [7, 11) is 1.39. The highest BCUT2D eigenvalue weighted by molar-refractivity contribution is 6.37. The predicted octanol–water partition coefficient (Wildman–Crippen LogP) is 2.83. The van der Waals surface area contributed by atoms with Crippen molar-refractivity contribution in [2.45, 2.75) is 12.8 Å². The number of benzene rings is 1. The number of halogens is 6. The second-order valence-electron chi connectivity index (χ2n) is 5.04. The topological polar surface area (TPSA) is 120 Å². The van der Waals surface area contributed by atoms with Crippen molar-refractivity contribution in [1.82, 2.24) is 20.2 Å². The summed E-state index contributed by atoms with van der Waals surface area (Å²) in [6.07, 6.45) is -9.74. The summed E-state index contributed by atoms with van der Waals surface area (Å²) in [5, 5.41) is 13.5. The highest BCUT2D eigenvalue weighted by Crippen LogP contribution is 2.38. The molecule has 0 aliphatic carbocycles. The maximum absolute atomic E-state index is 12.6. The molecule has 0 aliphatic rings. The monoisotopic (exact) mass is 444 g/mol. The van der Waals surface area contributed by atoms with E-state index in [4.69, 9.17) is 11.6 Å². The molecule has 1 aromatic heterocycles. The third kappa shape index (κ3) is 6.13. The van der Waals surface area contributed by atoms with Crippen molar-refractivity contribution >= 4 is 35.2 Å². The lowest BCUT2D eigenvalue weighted by molar-refractivity contribution is -0.274. The van der Waals surface area contributed by atoms with E-state index < -0.39 is 53.4 Å². The van der Waals surface area contributed by atoms with Gasteiger partial charge in [-0.1, -0.05) is 16.7 Å². The van der Waals surface area contributed by atoms with Crippen molar-refractivity contribution in [2.75, 3.05) is 17.2 Å². The number of carbonyl (C=O) groups excluding carboxylic acids is 2. The first-order valence-electron chi connectivity index (χ1n) is 7.32. The number of anilines is 2. The summed E-state index contributed by atoms with van der Waals surface area (Å²) in [5.74, 6) is -2.07. The molecule has 0 saturated carbocycles. The van der Waals surface area contributed by atoms with Gasteiger partial charge in [-0.25, -0.2) is 18.3 Å². The van der Waals surface area contributed by atoms with E-state index in [1.807, 2.05) is 0 Å². The number of aryl methyl sites for hydroxylation is 1. The summed E-state index contributed by atoms with van der Waals surface area (Å²) in [6, 6.07) is 1.56. The second-order valence-corrected chi connectivity index (χ2v) is 5.42. The Labute approximate surface area is 162 Å². The van der Waals surface area contributed by atoms with Crippen LogP contribution in [0.4, 0.5) is 38.4 Å². The molecule has 0 aliphatic heterocycles. The van der Waals surface area contributed by atoms with Crippen LogP contribution in [0, 0.1) is 0 Å².